The Bertz CT molecular complexity index is 985. The van der Waals surface area contributed by atoms with Crippen LogP contribution in [0.15, 0.2) is 40.6 Å². The number of thioether (sulfide) groups is 1. The van der Waals surface area contributed by atoms with Crippen molar-refractivity contribution in [3.8, 4) is 5.75 Å². The maximum absolute atomic E-state index is 12.5. The molecule has 0 bridgehead atoms. The van der Waals surface area contributed by atoms with Crippen molar-refractivity contribution in [1.82, 2.24) is 4.90 Å². The molecule has 0 spiro atoms. The molecule has 0 atom stereocenters. The molecule has 1 aliphatic rings. The van der Waals surface area contributed by atoms with E-state index in [4.69, 9.17) is 17.3 Å². The van der Waals surface area contributed by atoms with Crippen molar-refractivity contribution in [1.29, 1.82) is 0 Å². The Kier molecular flexibility index (Phi) is 6.12. The van der Waals surface area contributed by atoms with Gasteiger partial charge in [0.05, 0.1) is 10.5 Å². The van der Waals surface area contributed by atoms with Crippen LogP contribution in [0.1, 0.15) is 21.7 Å². The number of carbonyl (C=O) groups is 3. The molecular weight excluding hydrogens is 420 g/mol. The van der Waals surface area contributed by atoms with E-state index >= 15 is 0 Å². The third-order valence-corrected chi connectivity index (χ3v) is 5.94. The zero-order chi connectivity index (χ0) is 20.3. The summed E-state index contributed by atoms with van der Waals surface area (Å²) in [6.45, 7) is 0.101. The second-order valence-corrected chi connectivity index (χ2v) is 8.32. The normalized spacial score (nSPS) is 15.3. The maximum Gasteiger partial charge on any atom is 0.335 e. The fourth-order valence-electron chi connectivity index (χ4n) is 2.41. The lowest BCUT2D eigenvalue weighted by Crippen LogP contribution is -2.31. The van der Waals surface area contributed by atoms with Crippen molar-refractivity contribution in [3.63, 3.8) is 0 Å². The van der Waals surface area contributed by atoms with Gasteiger partial charge in [-0.1, -0.05) is 41.9 Å². The first-order chi connectivity index (χ1) is 13.3. The molecule has 2 heterocycles. The summed E-state index contributed by atoms with van der Waals surface area (Å²) in [5.74, 6) is -2.68. The van der Waals surface area contributed by atoms with Gasteiger partial charge in [0.25, 0.3) is 5.91 Å². The topological polar surface area (TPSA) is 110 Å². The highest BCUT2D eigenvalue weighted by Crippen LogP contribution is 2.33. The van der Waals surface area contributed by atoms with Gasteiger partial charge in [0.2, 0.25) is 5.91 Å². The number of hydrogen-bond donors (Lipinski definition) is 2. The van der Waals surface area contributed by atoms with Crippen LogP contribution in [-0.4, -0.2) is 38.7 Å². The van der Waals surface area contributed by atoms with Gasteiger partial charge in [-0.25, -0.2) is 4.79 Å². The van der Waals surface area contributed by atoms with Gasteiger partial charge in [-0.2, -0.15) is 0 Å². The molecule has 144 valence electrons. The van der Waals surface area contributed by atoms with Crippen LogP contribution in [0.3, 0.4) is 0 Å². The summed E-state index contributed by atoms with van der Waals surface area (Å²) in [7, 11) is 0. The first-order valence-corrected chi connectivity index (χ1v) is 10.1. The minimum Gasteiger partial charge on any atom is -0.872 e. The summed E-state index contributed by atoms with van der Waals surface area (Å²) in [6, 6.07) is 7.29. The summed E-state index contributed by atoms with van der Waals surface area (Å²) >= 11 is 7.92. The van der Waals surface area contributed by atoms with Crippen molar-refractivity contribution >= 4 is 69.2 Å². The van der Waals surface area contributed by atoms with Crippen LogP contribution < -0.4 is 10.4 Å². The monoisotopic (exact) mass is 433 g/mol. The van der Waals surface area contributed by atoms with Gasteiger partial charge >= 0.3 is 5.97 Å². The number of nitrogens with zero attached hydrogens (tertiary/aromatic N) is 1. The van der Waals surface area contributed by atoms with E-state index in [0.29, 0.717) is 9.23 Å². The molecular formula is C18H13N2O5S3-. The Balaban J connectivity index is 1.60. The third kappa shape index (κ3) is 4.58. The van der Waals surface area contributed by atoms with Gasteiger partial charge in [0.1, 0.15) is 4.32 Å². The Labute approximate surface area is 173 Å². The van der Waals surface area contributed by atoms with Crippen molar-refractivity contribution in [2.75, 3.05) is 11.9 Å². The molecule has 3 rings (SSSR count). The predicted molar refractivity (Wildman–Crippen MR) is 110 cm³/mol. The van der Waals surface area contributed by atoms with Crippen molar-refractivity contribution in [2.24, 2.45) is 0 Å². The largest absolute Gasteiger partial charge is 0.872 e. The summed E-state index contributed by atoms with van der Waals surface area (Å²) < 4.78 is 0.379. The predicted octanol–water partition coefficient (Wildman–Crippen LogP) is 2.75. The Morgan fingerprint density at radius 2 is 2.11 bits per heavy atom. The number of carbonyl (C=O) groups excluding carboxylic acids is 2. The van der Waals surface area contributed by atoms with Crippen LogP contribution in [0.2, 0.25) is 0 Å². The highest BCUT2D eigenvalue weighted by atomic mass is 32.2. The Morgan fingerprint density at radius 1 is 1.32 bits per heavy atom. The number of carboxylic acid groups (broad SMARTS) is 1. The zero-order valence-electron chi connectivity index (χ0n) is 14.2. The molecule has 1 fully saturated rings. The number of anilines is 1. The standard InChI is InChI=1S/C18H14N2O5S3/c21-13-4-3-10(8-12(13)17(24)25)19-15(22)5-6-20-16(23)14(28-18(20)26)9-11-2-1-7-27-11/h1-4,7-9,21H,5-6H2,(H,19,22)(H,24,25)/p-1/b14-9+. The number of rotatable bonds is 6. The van der Waals surface area contributed by atoms with E-state index in [1.807, 2.05) is 17.5 Å². The molecule has 10 heteroatoms. The second-order valence-electron chi connectivity index (χ2n) is 5.66. The van der Waals surface area contributed by atoms with E-state index in [-0.39, 0.29) is 24.6 Å². The SMILES string of the molecule is O=C(CCN1C(=O)/C(=C\c2cccs2)SC1=S)Nc1ccc([O-])c(C(=O)O)c1. The molecule has 28 heavy (non-hydrogen) atoms. The van der Waals surface area contributed by atoms with Gasteiger partial charge in [0.15, 0.2) is 0 Å². The van der Waals surface area contributed by atoms with E-state index < -0.39 is 23.2 Å². The first-order valence-electron chi connectivity index (χ1n) is 7.98. The van der Waals surface area contributed by atoms with Gasteiger partial charge in [-0.05, 0) is 29.7 Å². The summed E-state index contributed by atoms with van der Waals surface area (Å²) in [5.41, 5.74) is -0.224. The lowest BCUT2D eigenvalue weighted by Gasteiger charge is -2.15. The van der Waals surface area contributed by atoms with Crippen LogP contribution in [0.25, 0.3) is 6.08 Å². The van der Waals surface area contributed by atoms with Crippen LogP contribution >= 0.6 is 35.3 Å². The highest BCUT2D eigenvalue weighted by Gasteiger charge is 2.32. The summed E-state index contributed by atoms with van der Waals surface area (Å²) in [6.07, 6.45) is 1.74. The van der Waals surface area contributed by atoms with Crippen LogP contribution in [0.5, 0.6) is 5.75 Å². The van der Waals surface area contributed by atoms with Crippen molar-refractivity contribution in [2.45, 2.75) is 6.42 Å². The molecule has 0 radical (unpaired) electrons. The molecule has 1 saturated heterocycles. The average Bonchev–Trinajstić information content (AvgIpc) is 3.24. The van der Waals surface area contributed by atoms with Crippen LogP contribution in [0, 0.1) is 0 Å². The number of hydrogen-bond acceptors (Lipinski definition) is 7. The molecule has 2 N–H and O–H groups in total. The van der Waals surface area contributed by atoms with E-state index in [1.165, 1.54) is 34.1 Å². The fourth-order valence-corrected chi connectivity index (χ4v) is 4.44. The molecule has 1 aliphatic heterocycles. The van der Waals surface area contributed by atoms with E-state index in [9.17, 15) is 19.5 Å². The van der Waals surface area contributed by atoms with E-state index in [1.54, 1.807) is 6.08 Å². The summed E-state index contributed by atoms with van der Waals surface area (Å²) in [4.78, 5) is 38.4. The quantitative estimate of drug-likeness (QED) is 0.532. The minimum atomic E-state index is -1.36. The number of nitrogens with one attached hydrogen (secondary N) is 1. The number of thiocarbonyl (C=S) groups is 1. The molecule has 0 aliphatic carbocycles. The van der Waals surface area contributed by atoms with E-state index in [2.05, 4.69) is 5.32 Å². The lowest BCUT2D eigenvalue weighted by molar-refractivity contribution is -0.268. The van der Waals surface area contributed by atoms with Gasteiger partial charge in [-0.15, -0.1) is 11.3 Å². The van der Waals surface area contributed by atoms with E-state index in [0.717, 1.165) is 17.0 Å². The van der Waals surface area contributed by atoms with Gasteiger partial charge in [0, 0.05) is 23.5 Å². The van der Waals surface area contributed by atoms with Crippen molar-refractivity contribution in [3.05, 3.63) is 51.1 Å². The maximum atomic E-state index is 12.5. The van der Waals surface area contributed by atoms with Crippen LogP contribution in [0.4, 0.5) is 5.69 Å². The van der Waals surface area contributed by atoms with Crippen molar-refractivity contribution < 1.29 is 24.6 Å². The fraction of sp³-hybridized carbons (Fsp3) is 0.111. The molecule has 1 aromatic carbocycles. The average molecular weight is 434 g/mol. The lowest BCUT2D eigenvalue weighted by atomic mass is 10.1. The Hall–Kier alpha value is -2.69. The molecule has 2 amide bonds. The summed E-state index contributed by atoms with van der Waals surface area (Å²) in [5, 5.41) is 24.9. The zero-order valence-corrected chi connectivity index (χ0v) is 16.7. The molecule has 0 unspecified atom stereocenters. The number of amides is 2. The van der Waals surface area contributed by atoms with Gasteiger partial charge < -0.3 is 15.5 Å². The second kappa shape index (κ2) is 8.55. The number of benzene rings is 1. The highest BCUT2D eigenvalue weighted by molar-refractivity contribution is 8.26. The number of carboxylic acids is 1. The Morgan fingerprint density at radius 3 is 2.79 bits per heavy atom. The van der Waals surface area contributed by atoms with Crippen LogP contribution in [-0.2, 0) is 9.59 Å². The number of thiophene rings is 1. The molecule has 0 saturated carbocycles. The minimum absolute atomic E-state index is 0.0275. The van der Waals surface area contributed by atoms with Gasteiger partial charge in [-0.3, -0.25) is 14.5 Å². The molecule has 2 aromatic rings. The third-order valence-electron chi connectivity index (χ3n) is 3.75. The number of aromatic carboxylic acids is 1. The smallest absolute Gasteiger partial charge is 0.335 e. The first kappa shape index (κ1) is 20.1. The molecule has 7 nitrogen and oxygen atoms in total. The molecule has 1 aromatic heterocycles.